The molecule has 2 fully saturated rings. The third kappa shape index (κ3) is 5.42. The van der Waals surface area contributed by atoms with Gasteiger partial charge in [0.25, 0.3) is 0 Å². The van der Waals surface area contributed by atoms with E-state index in [-0.39, 0.29) is 13.2 Å². The maximum atomic E-state index is 8.87. The molecule has 4 nitrogen and oxygen atoms in total. The minimum absolute atomic E-state index is 0.132. The van der Waals surface area contributed by atoms with Crippen LogP contribution in [0.3, 0.4) is 0 Å². The molecular formula is C19H36O4. The van der Waals surface area contributed by atoms with Crippen molar-refractivity contribution in [1.82, 2.24) is 0 Å². The smallest absolute Gasteiger partial charge is 0.0701 e. The Morgan fingerprint density at radius 1 is 0.696 bits per heavy atom. The van der Waals surface area contributed by atoms with Gasteiger partial charge >= 0.3 is 0 Å². The van der Waals surface area contributed by atoms with Gasteiger partial charge in [0.2, 0.25) is 0 Å². The van der Waals surface area contributed by atoms with Crippen molar-refractivity contribution < 1.29 is 19.7 Å². The summed E-state index contributed by atoms with van der Waals surface area (Å²) in [6.45, 7) is 6.16. The minimum atomic E-state index is 0.132. The number of aliphatic hydroxyl groups is 2. The third-order valence-corrected chi connectivity index (χ3v) is 6.34. The van der Waals surface area contributed by atoms with E-state index in [2.05, 4.69) is 13.8 Å². The summed E-state index contributed by atoms with van der Waals surface area (Å²) in [5.74, 6) is 1.58. The molecule has 2 saturated carbocycles. The van der Waals surface area contributed by atoms with Gasteiger partial charge in [0.15, 0.2) is 0 Å². The average molecular weight is 328 g/mol. The zero-order valence-electron chi connectivity index (χ0n) is 15.0. The first-order valence-electron chi connectivity index (χ1n) is 9.52. The Morgan fingerprint density at radius 3 is 1.35 bits per heavy atom. The van der Waals surface area contributed by atoms with Gasteiger partial charge in [0, 0.05) is 0 Å². The summed E-state index contributed by atoms with van der Waals surface area (Å²) in [5, 5.41) is 17.7. The second-order valence-corrected chi connectivity index (χ2v) is 7.96. The molecule has 0 aromatic heterocycles. The molecule has 0 atom stereocenters. The molecule has 0 aliphatic heterocycles. The predicted octanol–water partition coefficient (Wildman–Crippen LogP) is 3.15. The summed E-state index contributed by atoms with van der Waals surface area (Å²) >= 11 is 0. The number of aliphatic hydroxyl groups excluding tert-OH is 2. The number of rotatable bonds is 8. The topological polar surface area (TPSA) is 58.9 Å². The molecule has 2 aliphatic carbocycles. The van der Waals surface area contributed by atoms with Gasteiger partial charge in [-0.15, -0.1) is 0 Å². The average Bonchev–Trinajstić information content (AvgIpc) is 2.59. The Balaban J connectivity index is 1.76. The van der Waals surface area contributed by atoms with Gasteiger partial charge in [-0.25, -0.2) is 0 Å². The predicted molar refractivity (Wildman–Crippen MR) is 91.3 cm³/mol. The van der Waals surface area contributed by atoms with Crippen LogP contribution in [0.15, 0.2) is 0 Å². The van der Waals surface area contributed by atoms with E-state index in [1.807, 2.05) is 0 Å². The quantitative estimate of drug-likeness (QED) is 0.718. The molecule has 4 heteroatoms. The first-order chi connectivity index (χ1) is 11.1. The van der Waals surface area contributed by atoms with Gasteiger partial charge in [-0.3, -0.25) is 0 Å². The summed E-state index contributed by atoms with van der Waals surface area (Å²) in [7, 11) is 0. The standard InChI is InChI=1S/C19H36O4/c1-19(2,15-3-7-17(8-4-15)22-13-11-20)16-5-9-18(10-6-16)23-14-12-21/h15-18,20-21H,3-14H2,1-2H3. The molecule has 0 heterocycles. The van der Waals surface area contributed by atoms with Crippen LogP contribution in [0.2, 0.25) is 0 Å². The molecule has 0 unspecified atom stereocenters. The van der Waals surface area contributed by atoms with Crippen LogP contribution in [0, 0.1) is 17.3 Å². The van der Waals surface area contributed by atoms with Crippen LogP contribution in [-0.2, 0) is 9.47 Å². The molecule has 0 saturated heterocycles. The monoisotopic (exact) mass is 328 g/mol. The highest BCUT2D eigenvalue weighted by Gasteiger charge is 2.40. The Kier molecular flexibility index (Phi) is 7.80. The molecule has 0 aromatic carbocycles. The fraction of sp³-hybridized carbons (Fsp3) is 1.00. The molecule has 0 spiro atoms. The number of ether oxygens (including phenoxy) is 2. The van der Waals surface area contributed by atoms with E-state index < -0.39 is 0 Å². The van der Waals surface area contributed by atoms with Gasteiger partial charge in [0.05, 0.1) is 38.6 Å². The molecule has 0 aromatic rings. The number of hydrogen-bond acceptors (Lipinski definition) is 4. The molecule has 2 aliphatic rings. The number of hydrogen-bond donors (Lipinski definition) is 2. The second kappa shape index (κ2) is 9.36. The Bertz CT molecular complexity index is 285. The lowest BCUT2D eigenvalue weighted by Gasteiger charge is -2.46. The lowest BCUT2D eigenvalue weighted by Crippen LogP contribution is -2.39. The molecule has 0 bridgehead atoms. The molecule has 2 N–H and O–H groups in total. The highest BCUT2D eigenvalue weighted by Crippen LogP contribution is 2.48. The van der Waals surface area contributed by atoms with Gasteiger partial charge in [-0.1, -0.05) is 13.8 Å². The normalized spacial score (nSPS) is 32.9. The van der Waals surface area contributed by atoms with Crippen LogP contribution in [0.4, 0.5) is 0 Å². The van der Waals surface area contributed by atoms with Gasteiger partial charge in [-0.05, 0) is 68.6 Å². The maximum Gasteiger partial charge on any atom is 0.0701 e. The van der Waals surface area contributed by atoms with Crippen molar-refractivity contribution in [1.29, 1.82) is 0 Å². The largest absolute Gasteiger partial charge is 0.394 e. The van der Waals surface area contributed by atoms with Crippen LogP contribution in [0.1, 0.15) is 65.2 Å². The van der Waals surface area contributed by atoms with Crippen molar-refractivity contribution in [3.8, 4) is 0 Å². The SMILES string of the molecule is CC(C)(C1CCC(OCCO)CC1)C1CCC(OCCO)CC1. The Morgan fingerprint density at radius 2 is 1.04 bits per heavy atom. The van der Waals surface area contributed by atoms with Crippen molar-refractivity contribution >= 4 is 0 Å². The lowest BCUT2D eigenvalue weighted by atomic mass is 9.60. The Labute approximate surface area is 141 Å². The van der Waals surface area contributed by atoms with E-state index in [9.17, 15) is 0 Å². The molecule has 136 valence electrons. The summed E-state index contributed by atoms with van der Waals surface area (Å²) < 4.78 is 11.4. The zero-order chi connectivity index (χ0) is 16.7. The summed E-state index contributed by atoms with van der Waals surface area (Å²) in [6.07, 6.45) is 10.3. The van der Waals surface area contributed by atoms with Crippen molar-refractivity contribution in [3.05, 3.63) is 0 Å². The van der Waals surface area contributed by atoms with Gasteiger partial charge in [-0.2, -0.15) is 0 Å². The molecule has 0 amide bonds. The van der Waals surface area contributed by atoms with E-state index >= 15 is 0 Å². The van der Waals surface area contributed by atoms with E-state index in [4.69, 9.17) is 19.7 Å². The van der Waals surface area contributed by atoms with Gasteiger partial charge < -0.3 is 19.7 Å². The third-order valence-electron chi connectivity index (χ3n) is 6.34. The van der Waals surface area contributed by atoms with Crippen LogP contribution in [0.25, 0.3) is 0 Å². The molecule has 0 radical (unpaired) electrons. The molecule has 2 rings (SSSR count). The highest BCUT2D eigenvalue weighted by molar-refractivity contribution is 4.91. The van der Waals surface area contributed by atoms with E-state index in [0.717, 1.165) is 37.5 Å². The first-order valence-corrected chi connectivity index (χ1v) is 9.52. The van der Waals surface area contributed by atoms with Crippen LogP contribution in [-0.4, -0.2) is 48.8 Å². The summed E-state index contributed by atoms with van der Waals surface area (Å²) in [5.41, 5.74) is 0.393. The van der Waals surface area contributed by atoms with Crippen molar-refractivity contribution in [2.24, 2.45) is 17.3 Å². The summed E-state index contributed by atoms with van der Waals surface area (Å²) in [4.78, 5) is 0. The van der Waals surface area contributed by atoms with E-state index in [1.165, 1.54) is 25.7 Å². The van der Waals surface area contributed by atoms with Crippen molar-refractivity contribution in [2.45, 2.75) is 77.4 Å². The minimum Gasteiger partial charge on any atom is -0.394 e. The molecular weight excluding hydrogens is 292 g/mol. The summed E-state index contributed by atoms with van der Waals surface area (Å²) in [6, 6.07) is 0. The first kappa shape index (κ1) is 19.2. The van der Waals surface area contributed by atoms with Crippen molar-refractivity contribution in [2.75, 3.05) is 26.4 Å². The lowest BCUT2D eigenvalue weighted by molar-refractivity contribution is -0.0433. The van der Waals surface area contributed by atoms with Crippen LogP contribution >= 0.6 is 0 Å². The fourth-order valence-electron chi connectivity index (χ4n) is 4.72. The highest BCUT2D eigenvalue weighted by atomic mass is 16.5. The van der Waals surface area contributed by atoms with E-state index in [0.29, 0.717) is 30.8 Å². The van der Waals surface area contributed by atoms with Crippen LogP contribution in [0.5, 0.6) is 0 Å². The second-order valence-electron chi connectivity index (χ2n) is 7.96. The Hall–Kier alpha value is -0.160. The zero-order valence-corrected chi connectivity index (χ0v) is 15.0. The van der Waals surface area contributed by atoms with Crippen LogP contribution < -0.4 is 0 Å². The fourth-order valence-corrected chi connectivity index (χ4v) is 4.72. The van der Waals surface area contributed by atoms with Gasteiger partial charge in [0.1, 0.15) is 0 Å². The molecule has 23 heavy (non-hydrogen) atoms. The maximum absolute atomic E-state index is 8.87. The van der Waals surface area contributed by atoms with Crippen molar-refractivity contribution in [3.63, 3.8) is 0 Å². The van der Waals surface area contributed by atoms with E-state index in [1.54, 1.807) is 0 Å².